The van der Waals surface area contributed by atoms with Crippen molar-refractivity contribution in [2.45, 2.75) is 40.2 Å². The maximum atomic E-state index is 12.3. The lowest BCUT2D eigenvalue weighted by Gasteiger charge is -2.27. The van der Waals surface area contributed by atoms with Gasteiger partial charge in [-0.05, 0) is 39.3 Å². The van der Waals surface area contributed by atoms with Crippen LogP contribution in [0, 0.1) is 6.92 Å². The molecular weight excluding hydrogens is 214 g/mol. The SMILES string of the molecule is CCC(C)N(CC)C(=O)c1cc(C)nc(N)c1. The standard InChI is InChI=1S/C13H21N3O/c1-5-10(4)16(6-2)13(17)11-7-9(3)15-12(14)8-11/h7-8,10H,5-6H2,1-4H3,(H2,14,15). The van der Waals surface area contributed by atoms with Crippen LogP contribution in [-0.2, 0) is 0 Å². The molecule has 1 aromatic rings. The van der Waals surface area contributed by atoms with Crippen LogP contribution in [-0.4, -0.2) is 28.4 Å². The number of anilines is 1. The third-order valence-corrected chi connectivity index (χ3v) is 2.94. The smallest absolute Gasteiger partial charge is 0.254 e. The quantitative estimate of drug-likeness (QED) is 0.870. The fourth-order valence-electron chi connectivity index (χ4n) is 1.86. The Labute approximate surface area is 103 Å². The number of carbonyl (C=O) groups excluding carboxylic acids is 1. The number of nitrogen functional groups attached to an aromatic ring is 1. The summed E-state index contributed by atoms with van der Waals surface area (Å²) in [6.07, 6.45) is 0.944. The topological polar surface area (TPSA) is 59.2 Å². The van der Waals surface area contributed by atoms with E-state index in [1.165, 1.54) is 0 Å². The summed E-state index contributed by atoms with van der Waals surface area (Å²) >= 11 is 0. The third kappa shape index (κ3) is 3.19. The number of hydrogen-bond donors (Lipinski definition) is 1. The molecule has 0 saturated heterocycles. The van der Waals surface area contributed by atoms with Crippen molar-refractivity contribution in [3.63, 3.8) is 0 Å². The van der Waals surface area contributed by atoms with Crippen LogP contribution < -0.4 is 5.73 Å². The van der Waals surface area contributed by atoms with E-state index in [9.17, 15) is 4.79 Å². The molecule has 4 heteroatoms. The molecule has 0 radical (unpaired) electrons. The first-order chi connectivity index (χ1) is 7.99. The maximum absolute atomic E-state index is 12.3. The zero-order valence-corrected chi connectivity index (χ0v) is 11.0. The highest BCUT2D eigenvalue weighted by Crippen LogP contribution is 2.13. The summed E-state index contributed by atoms with van der Waals surface area (Å²) in [5.41, 5.74) is 7.06. The minimum Gasteiger partial charge on any atom is -0.384 e. The fraction of sp³-hybridized carbons (Fsp3) is 0.538. The van der Waals surface area contributed by atoms with Crippen molar-refractivity contribution in [1.82, 2.24) is 9.88 Å². The van der Waals surface area contributed by atoms with Crippen molar-refractivity contribution < 1.29 is 4.79 Å². The van der Waals surface area contributed by atoms with E-state index in [-0.39, 0.29) is 11.9 Å². The van der Waals surface area contributed by atoms with E-state index in [1.807, 2.05) is 18.7 Å². The van der Waals surface area contributed by atoms with Gasteiger partial charge in [0.25, 0.3) is 5.91 Å². The summed E-state index contributed by atoms with van der Waals surface area (Å²) < 4.78 is 0. The van der Waals surface area contributed by atoms with E-state index >= 15 is 0 Å². The number of nitrogens with two attached hydrogens (primary N) is 1. The van der Waals surface area contributed by atoms with E-state index in [4.69, 9.17) is 5.73 Å². The van der Waals surface area contributed by atoms with Gasteiger partial charge in [-0.3, -0.25) is 4.79 Å². The normalized spacial score (nSPS) is 12.2. The van der Waals surface area contributed by atoms with Gasteiger partial charge in [0.1, 0.15) is 5.82 Å². The van der Waals surface area contributed by atoms with E-state index in [0.717, 1.165) is 12.1 Å². The van der Waals surface area contributed by atoms with E-state index in [2.05, 4.69) is 18.8 Å². The Morgan fingerprint density at radius 2 is 2.12 bits per heavy atom. The molecule has 0 fully saturated rings. The molecule has 1 rings (SSSR count). The number of carbonyl (C=O) groups is 1. The second kappa shape index (κ2) is 5.66. The number of amides is 1. The Kier molecular flexibility index (Phi) is 4.49. The third-order valence-electron chi connectivity index (χ3n) is 2.94. The van der Waals surface area contributed by atoms with Gasteiger partial charge in [-0.1, -0.05) is 6.92 Å². The molecule has 0 bridgehead atoms. The van der Waals surface area contributed by atoms with Crippen LogP contribution in [0.2, 0.25) is 0 Å². The van der Waals surface area contributed by atoms with Gasteiger partial charge >= 0.3 is 0 Å². The summed E-state index contributed by atoms with van der Waals surface area (Å²) in [6, 6.07) is 3.66. The summed E-state index contributed by atoms with van der Waals surface area (Å²) in [7, 11) is 0. The molecule has 4 nitrogen and oxygen atoms in total. The summed E-state index contributed by atoms with van der Waals surface area (Å²) in [5, 5.41) is 0. The number of aryl methyl sites for hydroxylation is 1. The van der Waals surface area contributed by atoms with Crippen LogP contribution in [0.25, 0.3) is 0 Å². The zero-order chi connectivity index (χ0) is 13.0. The van der Waals surface area contributed by atoms with Crippen LogP contribution in [0.15, 0.2) is 12.1 Å². The van der Waals surface area contributed by atoms with Gasteiger partial charge in [0.05, 0.1) is 0 Å². The lowest BCUT2D eigenvalue weighted by atomic mass is 10.1. The van der Waals surface area contributed by atoms with Crippen molar-refractivity contribution in [3.05, 3.63) is 23.4 Å². The van der Waals surface area contributed by atoms with Crippen molar-refractivity contribution in [2.75, 3.05) is 12.3 Å². The van der Waals surface area contributed by atoms with Gasteiger partial charge in [-0.2, -0.15) is 0 Å². The lowest BCUT2D eigenvalue weighted by molar-refractivity contribution is 0.0700. The van der Waals surface area contributed by atoms with Crippen molar-refractivity contribution >= 4 is 11.7 Å². The lowest BCUT2D eigenvalue weighted by Crippen LogP contribution is -2.38. The number of aromatic nitrogens is 1. The first-order valence-corrected chi connectivity index (χ1v) is 6.04. The summed E-state index contributed by atoms with van der Waals surface area (Å²) in [4.78, 5) is 18.3. The predicted octanol–water partition coefficient (Wildman–Crippen LogP) is 2.23. The van der Waals surface area contributed by atoms with Crippen molar-refractivity contribution in [3.8, 4) is 0 Å². The molecule has 1 atom stereocenters. The molecule has 1 unspecified atom stereocenters. The van der Waals surface area contributed by atoms with Crippen LogP contribution in [0.4, 0.5) is 5.82 Å². The van der Waals surface area contributed by atoms with Gasteiger partial charge in [-0.15, -0.1) is 0 Å². The summed E-state index contributed by atoms with van der Waals surface area (Å²) in [6.45, 7) is 8.66. The Morgan fingerprint density at radius 1 is 1.47 bits per heavy atom. The van der Waals surface area contributed by atoms with Gasteiger partial charge in [0.15, 0.2) is 0 Å². The van der Waals surface area contributed by atoms with Crippen molar-refractivity contribution in [2.24, 2.45) is 0 Å². The molecule has 0 aromatic carbocycles. The number of rotatable bonds is 4. The highest BCUT2D eigenvalue weighted by molar-refractivity contribution is 5.95. The summed E-state index contributed by atoms with van der Waals surface area (Å²) in [5.74, 6) is 0.424. The Hall–Kier alpha value is -1.58. The molecule has 2 N–H and O–H groups in total. The Balaban J connectivity index is 3.01. The highest BCUT2D eigenvalue weighted by atomic mass is 16.2. The second-order valence-corrected chi connectivity index (χ2v) is 4.27. The number of pyridine rings is 1. The van der Waals surface area contributed by atoms with Crippen LogP contribution in [0.3, 0.4) is 0 Å². The highest BCUT2D eigenvalue weighted by Gasteiger charge is 2.19. The first kappa shape index (κ1) is 13.5. The average Bonchev–Trinajstić information content (AvgIpc) is 2.28. The Bertz CT molecular complexity index is 383. The molecule has 0 spiro atoms. The maximum Gasteiger partial charge on any atom is 0.254 e. The van der Waals surface area contributed by atoms with Gasteiger partial charge in [0.2, 0.25) is 0 Å². The molecule has 17 heavy (non-hydrogen) atoms. The largest absolute Gasteiger partial charge is 0.384 e. The average molecular weight is 235 g/mol. The molecule has 0 aliphatic carbocycles. The van der Waals surface area contributed by atoms with Crippen LogP contribution >= 0.6 is 0 Å². The molecule has 1 heterocycles. The van der Waals surface area contributed by atoms with E-state index < -0.39 is 0 Å². The molecule has 0 aliphatic rings. The monoisotopic (exact) mass is 235 g/mol. The molecule has 1 amide bonds. The zero-order valence-electron chi connectivity index (χ0n) is 11.0. The van der Waals surface area contributed by atoms with Crippen LogP contribution in [0.5, 0.6) is 0 Å². The second-order valence-electron chi connectivity index (χ2n) is 4.27. The van der Waals surface area contributed by atoms with Crippen LogP contribution in [0.1, 0.15) is 43.2 Å². The van der Waals surface area contributed by atoms with Crippen molar-refractivity contribution in [1.29, 1.82) is 0 Å². The molecular formula is C13H21N3O. The molecule has 0 saturated carbocycles. The number of nitrogens with zero attached hydrogens (tertiary/aromatic N) is 2. The van der Waals surface area contributed by atoms with Gasteiger partial charge in [0, 0.05) is 23.8 Å². The fourth-order valence-corrected chi connectivity index (χ4v) is 1.86. The number of hydrogen-bond acceptors (Lipinski definition) is 3. The van der Waals surface area contributed by atoms with E-state index in [1.54, 1.807) is 12.1 Å². The van der Waals surface area contributed by atoms with Gasteiger partial charge in [-0.25, -0.2) is 4.98 Å². The van der Waals surface area contributed by atoms with E-state index in [0.29, 0.717) is 17.9 Å². The molecule has 94 valence electrons. The first-order valence-electron chi connectivity index (χ1n) is 6.04. The van der Waals surface area contributed by atoms with Gasteiger partial charge < -0.3 is 10.6 Å². The molecule has 0 aliphatic heterocycles. The minimum atomic E-state index is 0.0269. The minimum absolute atomic E-state index is 0.0269. The molecule has 1 aromatic heterocycles. The Morgan fingerprint density at radius 3 is 2.59 bits per heavy atom. The predicted molar refractivity (Wildman–Crippen MR) is 69.8 cm³/mol.